The third-order valence-corrected chi connectivity index (χ3v) is 3.58. The van der Waals surface area contributed by atoms with E-state index in [1.807, 2.05) is 6.07 Å². The molecule has 112 valence electrons. The molecule has 0 fully saturated rings. The Balaban J connectivity index is 3.28. The first kappa shape index (κ1) is 17.0. The standard InChI is InChI=1S/C17H25ClO2/c1-11(15(18)19)20-14-9-8-12(16(2,3)4)10-13(14)17(5,6)7/h8-11H,1-7H3/t11-/m1/s1. The molecule has 0 N–H and O–H groups in total. The molecule has 1 atom stereocenters. The molecule has 1 aromatic rings. The minimum absolute atomic E-state index is 0.0638. The third kappa shape index (κ3) is 4.24. The molecule has 1 rings (SSSR count). The second kappa shape index (κ2) is 5.77. The van der Waals surface area contributed by atoms with Gasteiger partial charge < -0.3 is 4.74 Å². The Morgan fingerprint density at radius 1 is 1.10 bits per heavy atom. The summed E-state index contributed by atoms with van der Waals surface area (Å²) in [6.45, 7) is 14.6. The van der Waals surface area contributed by atoms with Crippen LogP contribution in [0.2, 0.25) is 0 Å². The van der Waals surface area contributed by atoms with Gasteiger partial charge in [-0.05, 0) is 46.5 Å². The molecule has 0 unspecified atom stereocenters. The number of halogens is 1. The molecule has 0 spiro atoms. The first-order valence-corrected chi connectivity index (χ1v) is 7.31. The van der Waals surface area contributed by atoms with E-state index < -0.39 is 11.3 Å². The summed E-state index contributed by atoms with van der Waals surface area (Å²) in [5.74, 6) is 0.729. The second-order valence-corrected chi connectivity index (χ2v) is 7.65. The van der Waals surface area contributed by atoms with Gasteiger partial charge in [-0.1, -0.05) is 53.7 Å². The lowest BCUT2D eigenvalue weighted by atomic mass is 9.80. The van der Waals surface area contributed by atoms with Gasteiger partial charge in [-0.2, -0.15) is 0 Å². The van der Waals surface area contributed by atoms with Gasteiger partial charge in [0.1, 0.15) is 5.75 Å². The first-order chi connectivity index (χ1) is 8.93. The molecule has 0 aliphatic heterocycles. The number of carbonyl (C=O) groups is 1. The average molecular weight is 297 g/mol. The summed E-state index contributed by atoms with van der Waals surface area (Å²) in [5.41, 5.74) is 2.35. The van der Waals surface area contributed by atoms with Crippen molar-refractivity contribution < 1.29 is 9.53 Å². The van der Waals surface area contributed by atoms with Gasteiger partial charge >= 0.3 is 0 Å². The maximum atomic E-state index is 11.2. The van der Waals surface area contributed by atoms with Crippen LogP contribution in [-0.2, 0) is 15.6 Å². The van der Waals surface area contributed by atoms with Gasteiger partial charge in [0, 0.05) is 0 Å². The van der Waals surface area contributed by atoms with E-state index in [-0.39, 0.29) is 10.8 Å². The molecule has 0 aromatic heterocycles. The molecule has 0 saturated heterocycles. The molecule has 20 heavy (non-hydrogen) atoms. The van der Waals surface area contributed by atoms with Crippen LogP contribution in [0, 0.1) is 0 Å². The van der Waals surface area contributed by atoms with Crippen LogP contribution >= 0.6 is 11.6 Å². The molecule has 0 aliphatic carbocycles. The number of benzene rings is 1. The predicted molar refractivity (Wildman–Crippen MR) is 84.8 cm³/mol. The lowest BCUT2D eigenvalue weighted by Gasteiger charge is -2.28. The Bertz CT molecular complexity index is 493. The van der Waals surface area contributed by atoms with Crippen molar-refractivity contribution in [3.8, 4) is 5.75 Å². The Hall–Kier alpha value is -1.02. The number of carbonyl (C=O) groups excluding carboxylic acids is 1. The minimum Gasteiger partial charge on any atom is -0.481 e. The fourth-order valence-corrected chi connectivity index (χ4v) is 1.97. The topological polar surface area (TPSA) is 26.3 Å². The smallest absolute Gasteiger partial charge is 0.262 e. The van der Waals surface area contributed by atoms with E-state index in [2.05, 4.69) is 53.7 Å². The predicted octanol–water partition coefficient (Wildman–Crippen LogP) is 4.81. The number of hydrogen-bond acceptors (Lipinski definition) is 2. The van der Waals surface area contributed by atoms with E-state index in [1.54, 1.807) is 6.92 Å². The zero-order chi connectivity index (χ0) is 15.7. The SMILES string of the molecule is C[C@@H](Oc1ccc(C(C)(C)C)cc1C(C)(C)C)C(=O)Cl. The van der Waals surface area contributed by atoms with Crippen LogP contribution in [0.15, 0.2) is 18.2 Å². The molecule has 0 radical (unpaired) electrons. The molecule has 0 amide bonds. The average Bonchev–Trinajstić information content (AvgIpc) is 2.26. The van der Waals surface area contributed by atoms with Crippen LogP contribution in [0.3, 0.4) is 0 Å². The van der Waals surface area contributed by atoms with Gasteiger partial charge in [0.15, 0.2) is 6.10 Å². The van der Waals surface area contributed by atoms with E-state index >= 15 is 0 Å². The monoisotopic (exact) mass is 296 g/mol. The van der Waals surface area contributed by atoms with Crippen molar-refractivity contribution in [3.05, 3.63) is 29.3 Å². The summed E-state index contributed by atoms with van der Waals surface area (Å²) in [6.07, 6.45) is -0.641. The van der Waals surface area contributed by atoms with Gasteiger partial charge in [0.05, 0.1) is 0 Å². The highest BCUT2D eigenvalue weighted by Crippen LogP contribution is 2.36. The van der Waals surface area contributed by atoms with Gasteiger partial charge in [-0.15, -0.1) is 0 Å². The molecule has 1 aromatic carbocycles. The second-order valence-electron chi connectivity index (χ2n) is 7.28. The summed E-state index contributed by atoms with van der Waals surface area (Å²) >= 11 is 5.48. The molecule has 0 heterocycles. The molecule has 3 heteroatoms. The van der Waals surface area contributed by atoms with Crippen molar-refractivity contribution in [2.75, 3.05) is 0 Å². The summed E-state index contributed by atoms with van der Waals surface area (Å²) < 4.78 is 5.72. The Kier molecular flexibility index (Phi) is 4.91. The summed E-state index contributed by atoms with van der Waals surface area (Å²) in [5, 5.41) is -0.482. The van der Waals surface area contributed by atoms with E-state index in [4.69, 9.17) is 16.3 Å². The fourth-order valence-electron chi connectivity index (χ4n) is 1.92. The number of ether oxygens (including phenoxy) is 1. The first-order valence-electron chi connectivity index (χ1n) is 6.94. The van der Waals surface area contributed by atoms with Crippen LogP contribution in [0.25, 0.3) is 0 Å². The summed E-state index contributed by atoms with van der Waals surface area (Å²) in [6, 6.07) is 6.16. The van der Waals surface area contributed by atoms with E-state index in [0.717, 1.165) is 11.3 Å². The summed E-state index contributed by atoms with van der Waals surface area (Å²) in [4.78, 5) is 11.2. The minimum atomic E-state index is -0.641. The lowest BCUT2D eigenvalue weighted by Crippen LogP contribution is -2.23. The van der Waals surface area contributed by atoms with E-state index in [1.165, 1.54) is 5.56 Å². The lowest BCUT2D eigenvalue weighted by molar-refractivity contribution is -0.117. The van der Waals surface area contributed by atoms with Gasteiger partial charge in [-0.25, -0.2) is 0 Å². The highest BCUT2D eigenvalue weighted by molar-refractivity contribution is 6.64. The number of hydrogen-bond donors (Lipinski definition) is 0. The maximum absolute atomic E-state index is 11.2. The van der Waals surface area contributed by atoms with Crippen LogP contribution < -0.4 is 4.74 Å². The van der Waals surface area contributed by atoms with Crippen LogP contribution in [-0.4, -0.2) is 11.3 Å². The molecule has 2 nitrogen and oxygen atoms in total. The highest BCUT2D eigenvalue weighted by Gasteiger charge is 2.24. The zero-order valence-electron chi connectivity index (χ0n) is 13.5. The normalized spacial score (nSPS) is 14.0. The molecule has 0 aliphatic rings. The molecule has 0 bridgehead atoms. The van der Waals surface area contributed by atoms with Crippen molar-refractivity contribution in [1.29, 1.82) is 0 Å². The van der Waals surface area contributed by atoms with Gasteiger partial charge in [-0.3, -0.25) is 4.79 Å². The van der Waals surface area contributed by atoms with Crippen molar-refractivity contribution in [2.24, 2.45) is 0 Å². The Morgan fingerprint density at radius 3 is 2.05 bits per heavy atom. The highest BCUT2D eigenvalue weighted by atomic mass is 35.5. The third-order valence-electron chi connectivity index (χ3n) is 3.28. The van der Waals surface area contributed by atoms with Crippen molar-refractivity contribution in [2.45, 2.75) is 65.4 Å². The quantitative estimate of drug-likeness (QED) is 0.748. The van der Waals surface area contributed by atoms with Gasteiger partial charge in [0.25, 0.3) is 5.24 Å². The van der Waals surface area contributed by atoms with Crippen LogP contribution in [0.4, 0.5) is 0 Å². The number of rotatable bonds is 3. The van der Waals surface area contributed by atoms with Crippen molar-refractivity contribution >= 4 is 16.8 Å². The maximum Gasteiger partial charge on any atom is 0.262 e. The molecular formula is C17H25ClO2. The Morgan fingerprint density at radius 2 is 1.65 bits per heavy atom. The van der Waals surface area contributed by atoms with Crippen molar-refractivity contribution in [1.82, 2.24) is 0 Å². The van der Waals surface area contributed by atoms with Crippen LogP contribution in [0.1, 0.15) is 59.6 Å². The van der Waals surface area contributed by atoms with Gasteiger partial charge in [0.2, 0.25) is 0 Å². The Labute approximate surface area is 127 Å². The van der Waals surface area contributed by atoms with Crippen LogP contribution in [0.5, 0.6) is 5.75 Å². The van der Waals surface area contributed by atoms with E-state index in [0.29, 0.717) is 0 Å². The molecule has 0 saturated carbocycles. The largest absolute Gasteiger partial charge is 0.481 e. The zero-order valence-corrected chi connectivity index (χ0v) is 14.3. The summed E-state index contributed by atoms with van der Waals surface area (Å²) in [7, 11) is 0. The molecular weight excluding hydrogens is 272 g/mol. The van der Waals surface area contributed by atoms with Crippen molar-refractivity contribution in [3.63, 3.8) is 0 Å². The van der Waals surface area contributed by atoms with E-state index in [9.17, 15) is 4.79 Å². The fraction of sp³-hybridized carbons (Fsp3) is 0.588.